The van der Waals surface area contributed by atoms with Gasteiger partial charge < -0.3 is 10.7 Å². The summed E-state index contributed by atoms with van der Waals surface area (Å²) in [5.41, 5.74) is 1.43. The van der Waals surface area contributed by atoms with Crippen LogP contribution in [0.4, 0.5) is 14.5 Å². The number of hydrogen-bond acceptors (Lipinski definition) is 2. The van der Waals surface area contributed by atoms with Crippen molar-refractivity contribution in [1.82, 2.24) is 0 Å². The average molecular weight is 262 g/mol. The van der Waals surface area contributed by atoms with Gasteiger partial charge in [0.05, 0.1) is 0 Å². The van der Waals surface area contributed by atoms with Crippen molar-refractivity contribution in [3.05, 3.63) is 41.6 Å². The predicted molar refractivity (Wildman–Crippen MR) is 76.1 cm³/mol. The molecular formula is C14H17BF2N2. The van der Waals surface area contributed by atoms with Gasteiger partial charge in [0, 0.05) is 23.4 Å². The lowest BCUT2D eigenvalue weighted by atomic mass is 10.00. The number of allylic oxidation sites excluding steroid dienone is 2. The van der Waals surface area contributed by atoms with E-state index in [-0.39, 0.29) is 17.6 Å². The Balaban J connectivity index is 2.85. The minimum Gasteiger partial charge on any atom is -0.359 e. The van der Waals surface area contributed by atoms with Gasteiger partial charge >= 0.3 is 0 Å². The van der Waals surface area contributed by atoms with Crippen LogP contribution in [0.2, 0.25) is 0 Å². The molecule has 2 radical (unpaired) electrons. The molecule has 0 saturated heterocycles. The fraction of sp³-hybridized carbons (Fsp3) is 0.357. The van der Waals surface area contributed by atoms with Crippen LogP contribution in [0.1, 0.15) is 32.3 Å². The van der Waals surface area contributed by atoms with Crippen LogP contribution in [-0.4, -0.2) is 13.5 Å². The summed E-state index contributed by atoms with van der Waals surface area (Å²) in [7, 11) is 5.29. The molecule has 0 aromatic heterocycles. The highest BCUT2D eigenvalue weighted by Crippen LogP contribution is 2.31. The molecule has 0 atom stereocenters. The van der Waals surface area contributed by atoms with Gasteiger partial charge in [-0.15, -0.1) is 0 Å². The topological polar surface area (TPSA) is 35.9 Å². The normalized spacial score (nSPS) is 12.3. The van der Waals surface area contributed by atoms with E-state index in [0.717, 1.165) is 5.70 Å². The molecule has 5 heteroatoms. The zero-order valence-corrected chi connectivity index (χ0v) is 11.1. The second-order valence-electron chi connectivity index (χ2n) is 4.24. The van der Waals surface area contributed by atoms with Crippen LogP contribution in [-0.2, 0) is 5.92 Å². The molecule has 0 amide bonds. The number of halogens is 2. The lowest BCUT2D eigenvalue weighted by Crippen LogP contribution is -2.11. The van der Waals surface area contributed by atoms with Crippen molar-refractivity contribution < 1.29 is 8.78 Å². The first-order valence-electron chi connectivity index (χ1n) is 6.19. The van der Waals surface area contributed by atoms with Gasteiger partial charge in [-0.05, 0) is 30.2 Å². The van der Waals surface area contributed by atoms with E-state index in [4.69, 9.17) is 13.3 Å². The van der Waals surface area contributed by atoms with Gasteiger partial charge in [0.1, 0.15) is 7.85 Å². The number of nitrogens with one attached hydrogen (secondary N) is 2. The molecule has 0 unspecified atom stereocenters. The van der Waals surface area contributed by atoms with Crippen LogP contribution in [0.25, 0.3) is 0 Å². The highest BCUT2D eigenvalue weighted by atomic mass is 19.3. The van der Waals surface area contributed by atoms with Crippen LogP contribution < -0.4 is 5.32 Å². The maximum Gasteiger partial charge on any atom is 0.273 e. The maximum atomic E-state index is 13.4. The average Bonchev–Trinajstić information content (AvgIpc) is 2.38. The van der Waals surface area contributed by atoms with E-state index in [9.17, 15) is 8.78 Å². The molecule has 0 fully saturated rings. The fourth-order valence-electron chi connectivity index (χ4n) is 1.60. The molecule has 2 nitrogen and oxygen atoms in total. The van der Waals surface area contributed by atoms with Gasteiger partial charge in [-0.3, -0.25) is 0 Å². The van der Waals surface area contributed by atoms with Gasteiger partial charge in [0.2, 0.25) is 0 Å². The van der Waals surface area contributed by atoms with Gasteiger partial charge in [-0.25, -0.2) is 8.78 Å². The zero-order valence-electron chi connectivity index (χ0n) is 11.1. The Morgan fingerprint density at radius 3 is 2.32 bits per heavy atom. The molecule has 1 aromatic rings. The zero-order chi connectivity index (χ0) is 14.5. The summed E-state index contributed by atoms with van der Waals surface area (Å²) in [6.45, 7) is 3.37. The third kappa shape index (κ3) is 4.50. The van der Waals surface area contributed by atoms with Crippen molar-refractivity contribution >= 4 is 19.1 Å². The Morgan fingerprint density at radius 1 is 1.32 bits per heavy atom. The molecule has 0 spiro atoms. The van der Waals surface area contributed by atoms with E-state index in [1.807, 2.05) is 6.92 Å². The Morgan fingerprint density at radius 2 is 1.89 bits per heavy atom. The third-order valence-corrected chi connectivity index (χ3v) is 2.77. The van der Waals surface area contributed by atoms with E-state index < -0.39 is 5.92 Å². The standard InChI is InChI=1S/C14H17BF2N2/c1-3-11(9-13(15)18)19-12-7-5-10(6-8-12)14(16,17)4-2/h5-9,18-19H,3-4H2,1-2H3/b11-9-,18-13?. The number of rotatable bonds is 6. The second kappa shape index (κ2) is 6.50. The first-order valence-corrected chi connectivity index (χ1v) is 6.19. The molecule has 1 rings (SSSR count). The Labute approximate surface area is 113 Å². The van der Waals surface area contributed by atoms with Crippen LogP contribution in [0.15, 0.2) is 36.0 Å². The van der Waals surface area contributed by atoms with Gasteiger partial charge in [0.15, 0.2) is 0 Å². The van der Waals surface area contributed by atoms with Crippen molar-refractivity contribution in [3.8, 4) is 0 Å². The Kier molecular flexibility index (Phi) is 5.27. The SMILES string of the molecule is [B]C(=N)/C=C(/CC)Nc1ccc(C(F)(F)CC)cc1. The summed E-state index contributed by atoms with van der Waals surface area (Å²) in [5, 5.41) is 10.2. The van der Waals surface area contributed by atoms with Crippen LogP contribution in [0, 0.1) is 5.41 Å². The summed E-state index contributed by atoms with van der Waals surface area (Å²) in [5.74, 6) is -2.79. The van der Waals surface area contributed by atoms with E-state index in [1.54, 1.807) is 12.1 Å². The molecular weight excluding hydrogens is 245 g/mol. The number of benzene rings is 1. The largest absolute Gasteiger partial charge is 0.359 e. The van der Waals surface area contributed by atoms with E-state index in [0.29, 0.717) is 12.1 Å². The smallest absolute Gasteiger partial charge is 0.273 e. The quantitative estimate of drug-likeness (QED) is 0.589. The third-order valence-electron chi connectivity index (χ3n) is 2.77. The van der Waals surface area contributed by atoms with E-state index in [1.165, 1.54) is 25.1 Å². The van der Waals surface area contributed by atoms with E-state index in [2.05, 4.69) is 5.32 Å². The first-order chi connectivity index (χ1) is 8.89. The van der Waals surface area contributed by atoms with Crippen molar-refractivity contribution in [3.63, 3.8) is 0 Å². The maximum absolute atomic E-state index is 13.4. The molecule has 19 heavy (non-hydrogen) atoms. The summed E-state index contributed by atoms with van der Waals surface area (Å²) < 4.78 is 26.9. The fourth-order valence-corrected chi connectivity index (χ4v) is 1.60. The lowest BCUT2D eigenvalue weighted by molar-refractivity contribution is -0.00826. The monoisotopic (exact) mass is 262 g/mol. The molecule has 100 valence electrons. The van der Waals surface area contributed by atoms with Crippen LogP contribution in [0.3, 0.4) is 0 Å². The predicted octanol–water partition coefficient (Wildman–Crippen LogP) is 4.04. The number of anilines is 1. The minimum atomic E-state index is -2.79. The molecule has 0 aliphatic rings. The van der Waals surface area contributed by atoms with Gasteiger partial charge in [-0.2, -0.15) is 0 Å². The molecule has 0 bridgehead atoms. The lowest BCUT2D eigenvalue weighted by Gasteiger charge is -2.15. The van der Waals surface area contributed by atoms with Crippen LogP contribution >= 0.6 is 0 Å². The Hall–Kier alpha value is -1.65. The molecule has 0 saturated carbocycles. The first kappa shape index (κ1) is 15.4. The summed E-state index contributed by atoms with van der Waals surface area (Å²) in [6, 6.07) is 6.02. The number of alkyl halides is 2. The highest BCUT2D eigenvalue weighted by molar-refractivity contribution is 6.62. The number of hydrogen-bond donors (Lipinski definition) is 2. The van der Waals surface area contributed by atoms with Crippen molar-refractivity contribution in [1.29, 1.82) is 5.41 Å². The summed E-state index contributed by atoms with van der Waals surface area (Å²) in [4.78, 5) is 0. The molecule has 1 aromatic carbocycles. The second-order valence-corrected chi connectivity index (χ2v) is 4.24. The van der Waals surface area contributed by atoms with Crippen LogP contribution in [0.5, 0.6) is 0 Å². The van der Waals surface area contributed by atoms with Gasteiger partial charge in [0.25, 0.3) is 5.92 Å². The molecule has 0 aliphatic heterocycles. The van der Waals surface area contributed by atoms with Gasteiger partial charge in [-0.1, -0.05) is 26.0 Å². The highest BCUT2D eigenvalue weighted by Gasteiger charge is 2.28. The van der Waals surface area contributed by atoms with E-state index >= 15 is 0 Å². The molecule has 2 N–H and O–H groups in total. The van der Waals surface area contributed by atoms with Crippen molar-refractivity contribution in [2.45, 2.75) is 32.6 Å². The summed E-state index contributed by atoms with van der Waals surface area (Å²) >= 11 is 0. The van der Waals surface area contributed by atoms with Crippen molar-refractivity contribution in [2.75, 3.05) is 5.32 Å². The summed E-state index contributed by atoms with van der Waals surface area (Å²) in [6.07, 6.45) is 1.96. The minimum absolute atomic E-state index is 0.00847. The molecule has 0 aliphatic carbocycles. The van der Waals surface area contributed by atoms with Crippen molar-refractivity contribution in [2.24, 2.45) is 0 Å². The Bertz CT molecular complexity index is 467. The molecule has 0 heterocycles.